The molecule has 2 aromatic rings. The highest BCUT2D eigenvalue weighted by molar-refractivity contribution is 7.99. The Morgan fingerprint density at radius 1 is 1.05 bits per heavy atom. The largest absolute Gasteiger partial charge is 0.271 e. The van der Waals surface area contributed by atoms with Gasteiger partial charge < -0.3 is 0 Å². The smallest absolute Gasteiger partial charge is 0.230 e. The standard InChI is InChI=1S/C10H6Cl4FN3O2S2/c1-18(15)22(19,20)8-4(12)3(11)5-6(7(8)21-2)17-10(14)9(13)16-5/h1-2H3. The number of benzene rings is 1. The Balaban J connectivity index is 3.08. The van der Waals surface area contributed by atoms with Gasteiger partial charge >= 0.3 is 0 Å². The highest BCUT2D eigenvalue weighted by Gasteiger charge is 2.32. The van der Waals surface area contributed by atoms with E-state index in [4.69, 9.17) is 46.4 Å². The molecule has 0 atom stereocenters. The fourth-order valence-electron chi connectivity index (χ4n) is 1.66. The van der Waals surface area contributed by atoms with Crippen LogP contribution in [0.2, 0.25) is 20.4 Å². The first-order valence-corrected chi connectivity index (χ1v) is 9.53. The fraction of sp³-hybridized carbons (Fsp3) is 0.200. The highest BCUT2D eigenvalue weighted by Crippen LogP contribution is 2.44. The Morgan fingerprint density at radius 3 is 2.00 bits per heavy atom. The molecule has 0 aliphatic rings. The van der Waals surface area contributed by atoms with Crippen molar-refractivity contribution in [3.63, 3.8) is 0 Å². The zero-order valence-corrected chi connectivity index (χ0v) is 15.5. The average Bonchev–Trinajstić information content (AvgIpc) is 2.44. The summed E-state index contributed by atoms with van der Waals surface area (Å²) in [5.41, 5.74) is 0.141. The third kappa shape index (κ3) is 2.86. The van der Waals surface area contributed by atoms with E-state index in [0.29, 0.717) is 0 Å². The molecule has 120 valence electrons. The molecule has 1 aromatic carbocycles. The van der Waals surface area contributed by atoms with Crippen LogP contribution < -0.4 is 0 Å². The predicted octanol–water partition coefficient (Wildman–Crippen LogP) is 4.47. The maximum absolute atomic E-state index is 13.4. The number of thioether (sulfide) groups is 1. The van der Waals surface area contributed by atoms with E-state index in [9.17, 15) is 12.9 Å². The van der Waals surface area contributed by atoms with Crippen LogP contribution in [0.3, 0.4) is 0 Å². The van der Waals surface area contributed by atoms with Crippen LogP contribution in [-0.2, 0) is 10.0 Å². The van der Waals surface area contributed by atoms with Crippen LogP contribution in [0.1, 0.15) is 0 Å². The average molecular weight is 425 g/mol. The first-order valence-electron chi connectivity index (χ1n) is 5.35. The lowest BCUT2D eigenvalue weighted by atomic mass is 10.3. The summed E-state index contributed by atoms with van der Waals surface area (Å²) in [5.74, 6) is 0. The minimum absolute atomic E-state index is 0.0664. The van der Waals surface area contributed by atoms with Crippen molar-refractivity contribution in [3.05, 3.63) is 20.4 Å². The molecule has 0 fully saturated rings. The number of rotatable bonds is 3. The number of aromatic nitrogens is 2. The molecule has 1 aromatic heterocycles. The van der Waals surface area contributed by atoms with Gasteiger partial charge in [0.25, 0.3) is 10.0 Å². The van der Waals surface area contributed by atoms with E-state index in [1.54, 1.807) is 6.26 Å². The number of nitrogens with zero attached hydrogens (tertiary/aromatic N) is 3. The molecule has 12 heteroatoms. The zero-order valence-electron chi connectivity index (χ0n) is 10.9. The van der Waals surface area contributed by atoms with E-state index in [0.717, 1.165) is 18.8 Å². The van der Waals surface area contributed by atoms with Crippen molar-refractivity contribution in [1.29, 1.82) is 0 Å². The van der Waals surface area contributed by atoms with Crippen LogP contribution in [0.4, 0.5) is 4.48 Å². The molecule has 2 rings (SSSR count). The Kier molecular flexibility index (Phi) is 5.33. The van der Waals surface area contributed by atoms with E-state index >= 15 is 0 Å². The Bertz CT molecular complexity index is 877. The van der Waals surface area contributed by atoms with Crippen molar-refractivity contribution in [1.82, 2.24) is 14.5 Å². The summed E-state index contributed by atoms with van der Waals surface area (Å²) in [7, 11) is -3.77. The van der Waals surface area contributed by atoms with Crippen molar-refractivity contribution >= 4 is 79.2 Å². The van der Waals surface area contributed by atoms with Gasteiger partial charge in [0, 0.05) is 7.05 Å². The van der Waals surface area contributed by atoms with Crippen LogP contribution in [0.5, 0.6) is 0 Å². The van der Waals surface area contributed by atoms with Gasteiger partial charge in [-0.1, -0.05) is 46.4 Å². The maximum atomic E-state index is 13.4. The van der Waals surface area contributed by atoms with Gasteiger partial charge in [-0.2, -0.15) is 0 Å². The lowest BCUT2D eigenvalue weighted by Gasteiger charge is -2.16. The van der Waals surface area contributed by atoms with Crippen molar-refractivity contribution < 1.29 is 12.9 Å². The molecule has 0 saturated carbocycles. The molecule has 0 amide bonds. The molecular formula is C10H6Cl4FN3O2S2. The highest BCUT2D eigenvalue weighted by atomic mass is 35.5. The van der Waals surface area contributed by atoms with Crippen LogP contribution in [-0.4, -0.2) is 36.2 Å². The lowest BCUT2D eigenvalue weighted by Crippen LogP contribution is -2.20. The van der Waals surface area contributed by atoms with Crippen molar-refractivity contribution in [2.24, 2.45) is 0 Å². The summed E-state index contributed by atoms with van der Waals surface area (Å²) in [6.07, 6.45) is 1.57. The summed E-state index contributed by atoms with van der Waals surface area (Å²) >= 11 is 24.6. The van der Waals surface area contributed by atoms with Gasteiger partial charge in [-0.25, -0.2) is 18.4 Å². The molecule has 22 heavy (non-hydrogen) atoms. The summed E-state index contributed by atoms with van der Waals surface area (Å²) in [4.78, 5) is 7.50. The van der Waals surface area contributed by atoms with Crippen LogP contribution >= 0.6 is 58.2 Å². The fourth-order valence-corrected chi connectivity index (χ4v) is 4.83. The second-order valence-electron chi connectivity index (χ2n) is 3.89. The van der Waals surface area contributed by atoms with E-state index in [-0.39, 0.29) is 36.3 Å². The monoisotopic (exact) mass is 423 g/mol. The van der Waals surface area contributed by atoms with E-state index in [1.807, 2.05) is 0 Å². The molecule has 0 unspecified atom stereocenters. The minimum Gasteiger partial charge on any atom is -0.230 e. The summed E-state index contributed by atoms with van der Waals surface area (Å²) in [5, 5.41) is -0.825. The third-order valence-corrected chi connectivity index (χ3v) is 6.73. The molecule has 0 N–H and O–H groups in total. The summed E-state index contributed by atoms with van der Waals surface area (Å²) in [6.45, 7) is 0. The van der Waals surface area contributed by atoms with E-state index in [2.05, 4.69) is 9.97 Å². The third-order valence-electron chi connectivity index (χ3n) is 2.63. The minimum atomic E-state index is -4.50. The van der Waals surface area contributed by atoms with E-state index < -0.39 is 19.4 Å². The number of sulfonamides is 1. The second-order valence-corrected chi connectivity index (χ2v) is 8.04. The topological polar surface area (TPSA) is 63.2 Å². The number of hydrogen-bond acceptors (Lipinski definition) is 5. The normalized spacial score (nSPS) is 12.4. The van der Waals surface area contributed by atoms with Crippen LogP contribution in [0.25, 0.3) is 11.0 Å². The molecule has 1 heterocycles. The van der Waals surface area contributed by atoms with E-state index in [1.165, 1.54) is 0 Å². The Labute approximate surface area is 149 Å². The molecule has 0 aliphatic carbocycles. The van der Waals surface area contributed by atoms with Gasteiger partial charge in [0.1, 0.15) is 15.9 Å². The molecule has 0 radical (unpaired) electrons. The van der Waals surface area contributed by atoms with Gasteiger partial charge in [0.05, 0.1) is 14.9 Å². The van der Waals surface area contributed by atoms with Crippen LogP contribution in [0.15, 0.2) is 9.79 Å². The SMILES string of the molecule is CSc1c(S(=O)(=O)N(C)F)c(Cl)c(Cl)c2nc(Cl)c(Cl)nc12. The molecule has 0 aliphatic heterocycles. The zero-order chi connectivity index (χ0) is 16.8. The van der Waals surface area contributed by atoms with Gasteiger partial charge in [0.15, 0.2) is 10.3 Å². The van der Waals surface area contributed by atoms with Gasteiger partial charge in [-0.05, 0) is 10.8 Å². The Hall–Kier alpha value is -0.0900. The maximum Gasteiger partial charge on any atom is 0.271 e. The predicted molar refractivity (Wildman–Crippen MR) is 87.4 cm³/mol. The molecule has 5 nitrogen and oxygen atoms in total. The summed E-state index contributed by atoms with van der Waals surface area (Å²) < 4.78 is 37.3. The van der Waals surface area contributed by atoms with Gasteiger partial charge in [-0.15, -0.1) is 16.2 Å². The first kappa shape index (κ1) is 18.3. The quantitative estimate of drug-likeness (QED) is 0.537. The van der Waals surface area contributed by atoms with Gasteiger partial charge in [0.2, 0.25) is 0 Å². The van der Waals surface area contributed by atoms with Gasteiger partial charge in [-0.3, -0.25) is 0 Å². The van der Waals surface area contributed by atoms with Crippen molar-refractivity contribution in [2.45, 2.75) is 9.79 Å². The number of fused-ring (bicyclic) bond motifs is 1. The molecule has 0 saturated heterocycles. The molecular weight excluding hydrogens is 419 g/mol. The summed E-state index contributed by atoms with van der Waals surface area (Å²) in [6, 6.07) is 0. The first-order chi connectivity index (χ1) is 10.1. The Morgan fingerprint density at radius 2 is 1.55 bits per heavy atom. The van der Waals surface area contributed by atoms with Crippen molar-refractivity contribution in [2.75, 3.05) is 13.3 Å². The van der Waals surface area contributed by atoms with Crippen molar-refractivity contribution in [3.8, 4) is 0 Å². The number of halogens is 5. The molecule has 0 spiro atoms. The molecule has 0 bridgehead atoms. The van der Waals surface area contributed by atoms with Crippen LogP contribution in [0, 0.1) is 0 Å². The lowest BCUT2D eigenvalue weighted by molar-refractivity contribution is 0.178. The number of hydrogen-bond donors (Lipinski definition) is 0. The second kappa shape index (κ2) is 6.43.